The van der Waals surface area contributed by atoms with Crippen LogP contribution in [-0.2, 0) is 12.8 Å². The summed E-state index contributed by atoms with van der Waals surface area (Å²) in [6, 6.07) is 4.52. The third kappa shape index (κ3) is 5.85. The highest BCUT2D eigenvalue weighted by molar-refractivity contribution is 8.00. The summed E-state index contributed by atoms with van der Waals surface area (Å²) in [6.45, 7) is 8.81. The quantitative estimate of drug-likeness (QED) is 0.614. The maximum Gasteiger partial charge on any atom is 0.0420 e. The molecule has 0 bridgehead atoms. The van der Waals surface area contributed by atoms with E-state index in [1.54, 1.807) is 0 Å². The van der Waals surface area contributed by atoms with Crippen molar-refractivity contribution in [1.82, 2.24) is 10.4 Å². The van der Waals surface area contributed by atoms with Crippen LogP contribution in [0.25, 0.3) is 0 Å². The van der Waals surface area contributed by atoms with Crippen molar-refractivity contribution >= 4 is 11.8 Å². The molecule has 0 aliphatic heterocycles. The summed E-state index contributed by atoms with van der Waals surface area (Å²) in [5.41, 5.74) is 5.27. The van der Waals surface area contributed by atoms with E-state index in [9.17, 15) is 0 Å². The Morgan fingerprint density at radius 2 is 2.11 bits per heavy atom. The van der Waals surface area contributed by atoms with Gasteiger partial charge in [-0.15, -0.1) is 0 Å². The Balaban J connectivity index is 2.51. The van der Waals surface area contributed by atoms with E-state index in [0.29, 0.717) is 0 Å². The van der Waals surface area contributed by atoms with Crippen LogP contribution in [-0.4, -0.2) is 21.5 Å². The Hall–Kier alpha value is -0.580. The summed E-state index contributed by atoms with van der Waals surface area (Å²) < 4.78 is 0.272. The fraction of sp³-hybridized carbons (Fsp3) is 0.643. The van der Waals surface area contributed by atoms with Gasteiger partial charge in [-0.3, -0.25) is 16.3 Å². The van der Waals surface area contributed by atoms with Crippen LogP contribution in [0.3, 0.4) is 0 Å². The Morgan fingerprint density at radius 3 is 2.56 bits per heavy atom. The van der Waals surface area contributed by atoms with E-state index in [1.165, 1.54) is 5.56 Å². The summed E-state index contributed by atoms with van der Waals surface area (Å²) >= 11 is 1.92. The largest absolute Gasteiger partial charge is 0.271 e. The van der Waals surface area contributed by atoms with Gasteiger partial charge in [0.25, 0.3) is 0 Å². The predicted octanol–water partition coefficient (Wildman–Crippen LogP) is 2.55. The number of pyridine rings is 1. The predicted molar refractivity (Wildman–Crippen MR) is 80.6 cm³/mol. The number of hydrogen-bond donors (Lipinski definition) is 2. The molecule has 3 N–H and O–H groups in total. The summed E-state index contributed by atoms with van der Waals surface area (Å²) in [4.78, 5) is 4.48. The van der Waals surface area contributed by atoms with E-state index < -0.39 is 0 Å². The molecule has 18 heavy (non-hydrogen) atoms. The molecular weight excluding hydrogens is 242 g/mol. The number of nitrogens with zero attached hydrogens (tertiary/aromatic N) is 1. The van der Waals surface area contributed by atoms with E-state index in [1.807, 2.05) is 18.0 Å². The monoisotopic (exact) mass is 267 g/mol. The minimum absolute atomic E-state index is 0.272. The summed E-state index contributed by atoms with van der Waals surface area (Å²) in [6.07, 6.45) is 3.87. The van der Waals surface area contributed by atoms with Crippen LogP contribution in [0.1, 0.15) is 39.0 Å². The number of nitrogens with two attached hydrogens (primary N) is 1. The fourth-order valence-corrected chi connectivity index (χ4v) is 2.47. The lowest BCUT2D eigenvalue weighted by Crippen LogP contribution is -2.39. The van der Waals surface area contributed by atoms with Crippen LogP contribution >= 0.6 is 11.8 Å². The van der Waals surface area contributed by atoms with Gasteiger partial charge in [-0.25, -0.2) is 0 Å². The van der Waals surface area contributed by atoms with Crippen molar-refractivity contribution in [1.29, 1.82) is 0 Å². The van der Waals surface area contributed by atoms with Crippen LogP contribution < -0.4 is 11.3 Å². The first-order chi connectivity index (χ1) is 8.44. The number of hydrogen-bond acceptors (Lipinski definition) is 4. The smallest absolute Gasteiger partial charge is 0.0420 e. The van der Waals surface area contributed by atoms with Gasteiger partial charge in [0.15, 0.2) is 0 Å². The van der Waals surface area contributed by atoms with Crippen molar-refractivity contribution in [2.24, 2.45) is 5.84 Å². The molecule has 0 saturated heterocycles. The highest BCUT2D eigenvalue weighted by atomic mass is 32.2. The third-order valence-electron chi connectivity index (χ3n) is 2.70. The van der Waals surface area contributed by atoms with E-state index in [0.717, 1.165) is 24.3 Å². The van der Waals surface area contributed by atoms with Crippen LogP contribution in [0.4, 0.5) is 0 Å². The second-order valence-corrected chi connectivity index (χ2v) is 7.35. The number of aryl methyl sites for hydroxylation is 1. The maximum absolute atomic E-state index is 5.61. The standard InChI is InChI=1S/C14H25N3S/c1-5-11-6-7-12(16-9-11)8-13(17-15)10-18-14(2,3)4/h6-7,9,13,17H,5,8,10,15H2,1-4H3. The molecule has 1 aromatic heterocycles. The molecule has 4 heteroatoms. The molecule has 0 saturated carbocycles. The van der Waals surface area contributed by atoms with Gasteiger partial charge >= 0.3 is 0 Å². The Kier molecular flexibility index (Phi) is 6.12. The van der Waals surface area contributed by atoms with E-state index >= 15 is 0 Å². The highest BCUT2D eigenvalue weighted by Gasteiger charge is 2.15. The van der Waals surface area contributed by atoms with Crippen LogP contribution in [0.15, 0.2) is 18.3 Å². The van der Waals surface area contributed by atoms with Crippen molar-refractivity contribution in [2.45, 2.75) is 51.3 Å². The van der Waals surface area contributed by atoms with Crippen molar-refractivity contribution in [3.8, 4) is 0 Å². The van der Waals surface area contributed by atoms with E-state index in [2.05, 4.69) is 50.2 Å². The number of nitrogens with one attached hydrogen (secondary N) is 1. The van der Waals surface area contributed by atoms with Crippen molar-refractivity contribution in [3.05, 3.63) is 29.6 Å². The van der Waals surface area contributed by atoms with Gasteiger partial charge in [0.05, 0.1) is 0 Å². The maximum atomic E-state index is 5.61. The molecule has 3 nitrogen and oxygen atoms in total. The molecule has 0 aliphatic rings. The van der Waals surface area contributed by atoms with Crippen LogP contribution in [0, 0.1) is 0 Å². The van der Waals surface area contributed by atoms with Crippen LogP contribution in [0.2, 0.25) is 0 Å². The molecule has 1 atom stereocenters. The SMILES string of the molecule is CCc1ccc(CC(CSC(C)(C)C)NN)nc1. The van der Waals surface area contributed by atoms with Gasteiger partial charge in [-0.1, -0.05) is 33.8 Å². The topological polar surface area (TPSA) is 50.9 Å². The van der Waals surface area contributed by atoms with Gasteiger partial charge in [0.1, 0.15) is 0 Å². The second-order valence-electron chi connectivity index (χ2n) is 5.50. The molecule has 1 aromatic rings. The zero-order chi connectivity index (χ0) is 13.6. The molecular formula is C14H25N3S. The van der Waals surface area contributed by atoms with Gasteiger partial charge in [0.2, 0.25) is 0 Å². The molecule has 0 aromatic carbocycles. The average molecular weight is 267 g/mol. The first-order valence-corrected chi connectivity index (χ1v) is 7.47. The minimum Gasteiger partial charge on any atom is -0.271 e. The molecule has 0 radical (unpaired) electrons. The molecule has 1 heterocycles. The lowest BCUT2D eigenvalue weighted by Gasteiger charge is -2.22. The molecule has 0 spiro atoms. The zero-order valence-electron chi connectivity index (χ0n) is 11.9. The van der Waals surface area contributed by atoms with Crippen molar-refractivity contribution in [2.75, 3.05) is 5.75 Å². The average Bonchev–Trinajstić information content (AvgIpc) is 2.34. The molecule has 0 amide bonds. The van der Waals surface area contributed by atoms with Crippen LogP contribution in [0.5, 0.6) is 0 Å². The first-order valence-electron chi connectivity index (χ1n) is 6.48. The van der Waals surface area contributed by atoms with Gasteiger partial charge < -0.3 is 0 Å². The highest BCUT2D eigenvalue weighted by Crippen LogP contribution is 2.24. The number of hydrazine groups is 1. The van der Waals surface area contributed by atoms with Gasteiger partial charge in [-0.2, -0.15) is 11.8 Å². The normalized spacial score (nSPS) is 13.6. The lowest BCUT2D eigenvalue weighted by atomic mass is 10.1. The number of aromatic nitrogens is 1. The van der Waals surface area contributed by atoms with E-state index in [4.69, 9.17) is 5.84 Å². The first kappa shape index (κ1) is 15.5. The number of rotatable bonds is 6. The Labute approximate surface area is 115 Å². The Bertz CT molecular complexity index is 343. The fourth-order valence-electron chi connectivity index (χ4n) is 1.55. The molecule has 1 unspecified atom stereocenters. The number of thioether (sulfide) groups is 1. The summed E-state index contributed by atoms with van der Waals surface area (Å²) in [5.74, 6) is 6.61. The Morgan fingerprint density at radius 1 is 1.39 bits per heavy atom. The van der Waals surface area contributed by atoms with Gasteiger partial charge in [0, 0.05) is 34.9 Å². The molecule has 1 rings (SSSR count). The summed E-state index contributed by atoms with van der Waals surface area (Å²) in [7, 11) is 0. The summed E-state index contributed by atoms with van der Waals surface area (Å²) in [5, 5.41) is 0. The minimum atomic E-state index is 0.272. The van der Waals surface area contributed by atoms with Crippen molar-refractivity contribution < 1.29 is 0 Å². The molecule has 0 fully saturated rings. The molecule has 0 aliphatic carbocycles. The third-order valence-corrected chi connectivity index (χ3v) is 4.14. The van der Waals surface area contributed by atoms with Gasteiger partial charge in [-0.05, 0) is 18.1 Å². The second kappa shape index (κ2) is 7.12. The van der Waals surface area contributed by atoms with E-state index in [-0.39, 0.29) is 10.8 Å². The molecule has 102 valence electrons. The lowest BCUT2D eigenvalue weighted by molar-refractivity contribution is 0.567. The van der Waals surface area contributed by atoms with Crippen molar-refractivity contribution in [3.63, 3.8) is 0 Å². The zero-order valence-corrected chi connectivity index (χ0v) is 12.7.